The van der Waals surface area contributed by atoms with E-state index in [-0.39, 0.29) is 0 Å². The van der Waals surface area contributed by atoms with Crippen molar-refractivity contribution in [3.63, 3.8) is 0 Å². The molecular formula is C21H16ClF4S2+. The van der Waals surface area contributed by atoms with Gasteiger partial charge in [-0.2, -0.15) is 0 Å². The normalized spacial score (nSPS) is 12.7. The molecule has 0 unspecified atom stereocenters. The minimum atomic E-state index is -0.980. The van der Waals surface area contributed by atoms with Crippen LogP contribution in [0.4, 0.5) is 17.6 Å². The van der Waals surface area contributed by atoms with Crippen molar-refractivity contribution in [2.45, 2.75) is 45.2 Å². The van der Waals surface area contributed by atoms with Gasteiger partial charge < -0.3 is 0 Å². The Labute approximate surface area is 173 Å². The third kappa shape index (κ3) is 3.78. The summed E-state index contributed by atoms with van der Waals surface area (Å²) < 4.78 is 55.3. The molecule has 1 aliphatic heterocycles. The highest BCUT2D eigenvalue weighted by atomic mass is 35.5. The molecule has 146 valence electrons. The number of benzene rings is 3. The smallest absolute Gasteiger partial charge is 0.183 e. The molecule has 0 saturated carbocycles. The van der Waals surface area contributed by atoms with E-state index < -0.39 is 34.2 Å². The Balaban J connectivity index is 0.00000109. The number of halogens is 5. The fourth-order valence-electron chi connectivity index (χ4n) is 2.69. The van der Waals surface area contributed by atoms with Crippen molar-refractivity contribution in [3.8, 4) is 0 Å². The van der Waals surface area contributed by atoms with Gasteiger partial charge >= 0.3 is 0 Å². The Morgan fingerprint density at radius 3 is 1.68 bits per heavy atom. The summed E-state index contributed by atoms with van der Waals surface area (Å²) in [7, 11) is -0.932. The minimum Gasteiger partial charge on any atom is -0.204 e. The Hall–Kier alpha value is -1.63. The van der Waals surface area contributed by atoms with Crippen LogP contribution in [0.2, 0.25) is 5.02 Å². The van der Waals surface area contributed by atoms with Crippen molar-refractivity contribution in [2.75, 3.05) is 0 Å². The van der Waals surface area contributed by atoms with Gasteiger partial charge in [0.2, 0.25) is 0 Å². The highest BCUT2D eigenvalue weighted by Gasteiger charge is 2.40. The predicted octanol–water partition coefficient (Wildman–Crippen LogP) is 7.79. The number of hydrogen-bond donors (Lipinski definition) is 0. The summed E-state index contributed by atoms with van der Waals surface area (Å²) >= 11 is 7.33. The average Bonchev–Trinajstić information content (AvgIpc) is 2.67. The second-order valence-electron chi connectivity index (χ2n) is 5.75. The molecule has 0 radical (unpaired) electrons. The molecule has 3 aromatic rings. The third-order valence-electron chi connectivity index (χ3n) is 4.01. The summed E-state index contributed by atoms with van der Waals surface area (Å²) in [5.41, 5.74) is 0.862. The molecule has 1 heterocycles. The van der Waals surface area contributed by atoms with Gasteiger partial charge in [-0.3, -0.25) is 0 Å². The van der Waals surface area contributed by atoms with Crippen molar-refractivity contribution in [2.24, 2.45) is 0 Å². The first-order chi connectivity index (χ1) is 13.3. The molecule has 0 fully saturated rings. The first-order valence-electron chi connectivity index (χ1n) is 8.51. The van der Waals surface area contributed by atoms with Crippen LogP contribution in [0.5, 0.6) is 0 Å². The van der Waals surface area contributed by atoms with E-state index >= 15 is 0 Å². The maximum absolute atomic E-state index is 13.9. The molecule has 7 heteroatoms. The lowest BCUT2D eigenvalue weighted by atomic mass is 10.2. The van der Waals surface area contributed by atoms with Crippen molar-refractivity contribution in [3.05, 3.63) is 76.3 Å². The van der Waals surface area contributed by atoms with Crippen LogP contribution in [0.15, 0.2) is 66.9 Å². The highest BCUT2D eigenvalue weighted by Crippen LogP contribution is 2.49. The van der Waals surface area contributed by atoms with Crippen LogP contribution in [-0.4, -0.2) is 0 Å². The fraction of sp³-hybridized carbons (Fsp3) is 0.143. The molecule has 3 aromatic carbocycles. The summed E-state index contributed by atoms with van der Waals surface area (Å²) in [5, 5.41) is 0.515. The van der Waals surface area contributed by atoms with Gasteiger partial charge in [-0.1, -0.05) is 43.3 Å². The van der Waals surface area contributed by atoms with Crippen LogP contribution >= 0.6 is 23.4 Å². The van der Waals surface area contributed by atoms with Gasteiger partial charge in [-0.25, -0.2) is 17.6 Å². The fourth-order valence-corrected chi connectivity index (χ4v) is 6.71. The van der Waals surface area contributed by atoms with Gasteiger partial charge in [0.1, 0.15) is 10.9 Å². The van der Waals surface area contributed by atoms with E-state index in [0.717, 1.165) is 46.5 Å². The lowest BCUT2D eigenvalue weighted by molar-refractivity contribution is 0.499. The van der Waals surface area contributed by atoms with Crippen LogP contribution in [0.1, 0.15) is 19.4 Å². The Morgan fingerprint density at radius 1 is 0.750 bits per heavy atom. The average molecular weight is 444 g/mol. The van der Waals surface area contributed by atoms with Gasteiger partial charge in [-0.15, -0.1) is 0 Å². The molecule has 0 nitrogen and oxygen atoms in total. The van der Waals surface area contributed by atoms with Gasteiger partial charge in [0.15, 0.2) is 38.0 Å². The van der Waals surface area contributed by atoms with E-state index in [1.165, 1.54) is 0 Å². The Kier molecular flexibility index (Phi) is 6.32. The molecule has 1 aliphatic rings. The van der Waals surface area contributed by atoms with Gasteiger partial charge in [-0.05, 0) is 30.7 Å². The van der Waals surface area contributed by atoms with Crippen molar-refractivity contribution in [1.29, 1.82) is 0 Å². The van der Waals surface area contributed by atoms with E-state index in [9.17, 15) is 17.6 Å². The summed E-state index contributed by atoms with van der Waals surface area (Å²) in [5.74, 6) is -3.92. The van der Waals surface area contributed by atoms with E-state index in [0.29, 0.717) is 24.6 Å². The quantitative estimate of drug-likeness (QED) is 0.214. The molecule has 0 bridgehead atoms. The van der Waals surface area contributed by atoms with E-state index in [4.69, 9.17) is 11.6 Å². The monoisotopic (exact) mass is 443 g/mol. The second kappa shape index (κ2) is 8.39. The largest absolute Gasteiger partial charge is 0.204 e. The van der Waals surface area contributed by atoms with Crippen LogP contribution in [0, 0.1) is 30.2 Å². The standard InChI is InChI=1S/C19H10ClF4S2.C2H6/c1-9-2-3-10(4-11(9)20)26-18-7-14(23)12(21)5-16(18)25-17-6-13(22)15(24)8-19(17)26;1-2/h2-8H,1H3;1-2H3/q+1;. The maximum Gasteiger partial charge on any atom is 0.183 e. The van der Waals surface area contributed by atoms with Crippen molar-refractivity contribution in [1.82, 2.24) is 0 Å². The topological polar surface area (TPSA) is 0 Å². The Bertz CT molecular complexity index is 996. The molecule has 4 rings (SSSR count). The van der Waals surface area contributed by atoms with E-state index in [1.54, 1.807) is 6.07 Å². The second-order valence-corrected chi connectivity index (χ2v) is 9.20. The molecule has 0 atom stereocenters. The molecule has 28 heavy (non-hydrogen) atoms. The van der Waals surface area contributed by atoms with Crippen molar-refractivity contribution >= 4 is 34.3 Å². The molecule has 0 aliphatic carbocycles. The lowest BCUT2D eigenvalue weighted by Crippen LogP contribution is -2.13. The number of fused-ring (bicyclic) bond motifs is 2. The molecular weight excluding hydrogens is 428 g/mol. The molecule has 0 N–H and O–H groups in total. The SMILES string of the molecule is CC.Cc1ccc([S+]2c3cc(F)c(F)cc3Sc3cc(F)c(F)cc32)cc1Cl. The van der Waals surface area contributed by atoms with Gasteiger partial charge in [0, 0.05) is 23.2 Å². The summed E-state index contributed by atoms with van der Waals surface area (Å²) in [6.07, 6.45) is 0. The van der Waals surface area contributed by atoms with Gasteiger partial charge in [0.25, 0.3) is 0 Å². The summed E-state index contributed by atoms with van der Waals surface area (Å²) in [4.78, 5) is 2.71. The van der Waals surface area contributed by atoms with Crippen LogP contribution < -0.4 is 0 Å². The maximum atomic E-state index is 13.9. The molecule has 0 saturated heterocycles. The van der Waals surface area contributed by atoms with Crippen LogP contribution in [0.25, 0.3) is 0 Å². The van der Waals surface area contributed by atoms with E-state index in [1.807, 2.05) is 32.9 Å². The first kappa shape index (κ1) is 21.1. The first-order valence-corrected chi connectivity index (χ1v) is 10.9. The zero-order chi connectivity index (χ0) is 20.6. The van der Waals surface area contributed by atoms with Gasteiger partial charge in [0.05, 0.1) is 9.79 Å². The third-order valence-corrected chi connectivity index (χ3v) is 8.07. The zero-order valence-corrected chi connectivity index (χ0v) is 17.6. The molecule has 0 spiro atoms. The minimum absolute atomic E-state index is 0.474. The number of rotatable bonds is 1. The van der Waals surface area contributed by atoms with Crippen LogP contribution in [0.3, 0.4) is 0 Å². The number of hydrogen-bond acceptors (Lipinski definition) is 1. The predicted molar refractivity (Wildman–Crippen MR) is 107 cm³/mol. The van der Waals surface area contributed by atoms with Crippen molar-refractivity contribution < 1.29 is 17.6 Å². The highest BCUT2D eigenvalue weighted by molar-refractivity contribution is 8.04. The molecule has 0 amide bonds. The summed E-state index contributed by atoms with van der Waals surface area (Å²) in [6, 6.07) is 9.79. The number of aryl methyl sites for hydroxylation is 1. The molecule has 0 aromatic heterocycles. The van der Waals surface area contributed by atoms with Crippen LogP contribution in [-0.2, 0) is 10.9 Å². The summed E-state index contributed by atoms with van der Waals surface area (Å²) in [6.45, 7) is 5.85. The van der Waals surface area contributed by atoms with E-state index in [2.05, 4.69) is 0 Å². The lowest BCUT2D eigenvalue weighted by Gasteiger charge is -2.19. The Morgan fingerprint density at radius 2 is 1.21 bits per heavy atom. The zero-order valence-electron chi connectivity index (χ0n) is 15.2.